The molecule has 0 radical (unpaired) electrons. The summed E-state index contributed by atoms with van der Waals surface area (Å²) in [7, 11) is 0. The maximum atomic E-state index is 12.8. The third-order valence-corrected chi connectivity index (χ3v) is 2.89. The Morgan fingerprint density at radius 3 is 2.32 bits per heavy atom. The molecule has 2 rings (SSSR count). The lowest BCUT2D eigenvalue weighted by atomic mass is 9.92. The topological polar surface area (TPSA) is 60.8 Å². The van der Waals surface area contributed by atoms with E-state index in [-0.39, 0.29) is 5.57 Å². The van der Waals surface area contributed by atoms with E-state index in [9.17, 15) is 23.1 Å². The van der Waals surface area contributed by atoms with E-state index in [1.807, 2.05) is 0 Å². The summed E-state index contributed by atoms with van der Waals surface area (Å²) in [6, 6.07) is 7.89. The summed E-state index contributed by atoms with van der Waals surface area (Å²) >= 11 is 0. The number of halogens is 3. The third kappa shape index (κ3) is 2.22. The molecule has 0 bridgehead atoms. The molecule has 7 heteroatoms. The number of alkyl halides is 3. The van der Waals surface area contributed by atoms with Crippen molar-refractivity contribution >= 4 is 11.5 Å². The van der Waals surface area contributed by atoms with Crippen molar-refractivity contribution in [2.24, 2.45) is 0 Å². The highest BCUT2D eigenvalue weighted by Crippen LogP contribution is 2.42. The number of carbonyl (C=O) groups excluding carboxylic acids is 1. The fourth-order valence-electron chi connectivity index (χ4n) is 1.84. The molecule has 0 spiro atoms. The lowest BCUT2D eigenvalue weighted by Gasteiger charge is -2.39. The Bertz CT molecular complexity index is 527. The molecule has 1 aromatic carbocycles. The predicted molar refractivity (Wildman–Crippen MR) is 58.7 cm³/mol. The zero-order valence-corrected chi connectivity index (χ0v) is 9.55. The zero-order valence-electron chi connectivity index (χ0n) is 9.55. The van der Waals surface area contributed by atoms with Gasteiger partial charge in [-0.3, -0.25) is 10.0 Å². The van der Waals surface area contributed by atoms with E-state index in [4.69, 9.17) is 5.21 Å². The minimum atomic E-state index is -5.16. The van der Waals surface area contributed by atoms with Crippen LogP contribution in [0.5, 0.6) is 0 Å². The van der Waals surface area contributed by atoms with Gasteiger partial charge in [-0.15, -0.1) is 0 Å². The van der Waals surface area contributed by atoms with Crippen LogP contribution in [0.4, 0.5) is 13.2 Å². The van der Waals surface area contributed by atoms with Crippen LogP contribution in [-0.2, 0) is 4.79 Å². The standard InChI is InChI=1S/C12H10F3NO3/c13-12(14,15)11(18)7-9(6-10(17)16(11)19)8-4-2-1-3-5-8/h1-6,18-19H,7H2. The van der Waals surface area contributed by atoms with Crippen LogP contribution in [0, 0.1) is 0 Å². The van der Waals surface area contributed by atoms with Crippen molar-refractivity contribution in [2.75, 3.05) is 0 Å². The van der Waals surface area contributed by atoms with Crippen LogP contribution < -0.4 is 0 Å². The van der Waals surface area contributed by atoms with Crippen molar-refractivity contribution in [1.29, 1.82) is 0 Å². The number of rotatable bonds is 1. The van der Waals surface area contributed by atoms with Gasteiger partial charge >= 0.3 is 6.18 Å². The van der Waals surface area contributed by atoms with E-state index in [0.29, 0.717) is 5.56 Å². The molecule has 0 saturated carbocycles. The van der Waals surface area contributed by atoms with E-state index in [1.165, 1.54) is 12.1 Å². The molecule has 0 fully saturated rings. The van der Waals surface area contributed by atoms with E-state index < -0.39 is 29.3 Å². The molecular weight excluding hydrogens is 263 g/mol. The first kappa shape index (κ1) is 13.6. The quantitative estimate of drug-likeness (QED) is 0.769. The number of hydrogen-bond donors (Lipinski definition) is 2. The Hall–Kier alpha value is -1.86. The second kappa shape index (κ2) is 4.36. The highest BCUT2D eigenvalue weighted by molar-refractivity contribution is 5.97. The van der Waals surface area contributed by atoms with E-state index in [1.54, 1.807) is 18.2 Å². The van der Waals surface area contributed by atoms with Crippen LogP contribution in [0.15, 0.2) is 36.4 Å². The van der Waals surface area contributed by atoms with Crippen LogP contribution in [0.1, 0.15) is 12.0 Å². The van der Waals surface area contributed by atoms with Gasteiger partial charge in [0.1, 0.15) is 0 Å². The number of hydroxylamine groups is 2. The summed E-state index contributed by atoms with van der Waals surface area (Å²) in [5.74, 6) is -1.31. The largest absolute Gasteiger partial charge is 0.439 e. The molecule has 4 nitrogen and oxygen atoms in total. The fourth-order valence-corrected chi connectivity index (χ4v) is 1.84. The van der Waals surface area contributed by atoms with Crippen molar-refractivity contribution in [2.45, 2.75) is 18.3 Å². The maximum Gasteiger partial charge on any atom is 0.439 e. The average Bonchev–Trinajstić information content (AvgIpc) is 2.35. The molecule has 1 unspecified atom stereocenters. The van der Waals surface area contributed by atoms with E-state index in [2.05, 4.69) is 0 Å². The summed E-state index contributed by atoms with van der Waals surface area (Å²) < 4.78 is 38.4. The molecule has 1 heterocycles. The summed E-state index contributed by atoms with van der Waals surface area (Å²) in [6.07, 6.45) is -5.22. The maximum absolute atomic E-state index is 12.8. The van der Waals surface area contributed by atoms with Gasteiger partial charge < -0.3 is 5.11 Å². The van der Waals surface area contributed by atoms with Gasteiger partial charge in [0.05, 0.1) is 0 Å². The summed E-state index contributed by atoms with van der Waals surface area (Å²) in [5, 5.41) is 18.1. The molecule has 0 aromatic heterocycles. The van der Waals surface area contributed by atoms with Gasteiger partial charge in [0.25, 0.3) is 11.6 Å². The molecule has 1 aliphatic rings. The van der Waals surface area contributed by atoms with Crippen molar-refractivity contribution in [1.82, 2.24) is 5.06 Å². The Morgan fingerprint density at radius 2 is 1.79 bits per heavy atom. The Morgan fingerprint density at radius 1 is 1.21 bits per heavy atom. The predicted octanol–water partition coefficient (Wildman–Crippen LogP) is 1.94. The van der Waals surface area contributed by atoms with Gasteiger partial charge in [-0.05, 0) is 11.1 Å². The van der Waals surface area contributed by atoms with Crippen LogP contribution >= 0.6 is 0 Å². The van der Waals surface area contributed by atoms with Crippen LogP contribution in [0.25, 0.3) is 5.57 Å². The molecule has 1 atom stereocenters. The highest BCUT2D eigenvalue weighted by atomic mass is 19.4. The first-order chi connectivity index (χ1) is 8.75. The van der Waals surface area contributed by atoms with Gasteiger partial charge in [0, 0.05) is 12.5 Å². The molecule has 1 aliphatic heterocycles. The first-order valence-corrected chi connectivity index (χ1v) is 5.34. The van der Waals surface area contributed by atoms with Gasteiger partial charge in [0.15, 0.2) is 0 Å². The van der Waals surface area contributed by atoms with E-state index in [0.717, 1.165) is 6.08 Å². The summed E-state index contributed by atoms with van der Waals surface area (Å²) in [4.78, 5) is 11.4. The number of amides is 1. The molecule has 102 valence electrons. The second-order valence-corrected chi connectivity index (χ2v) is 4.18. The third-order valence-electron chi connectivity index (χ3n) is 2.89. The lowest BCUT2D eigenvalue weighted by Crippen LogP contribution is -2.61. The second-order valence-electron chi connectivity index (χ2n) is 4.18. The lowest BCUT2D eigenvalue weighted by molar-refractivity contribution is -0.362. The summed E-state index contributed by atoms with van der Waals surface area (Å²) in [6.45, 7) is 0. The number of benzene rings is 1. The van der Waals surface area contributed by atoms with E-state index >= 15 is 0 Å². The van der Waals surface area contributed by atoms with Crippen LogP contribution in [0.2, 0.25) is 0 Å². The molecule has 0 saturated heterocycles. The summed E-state index contributed by atoms with van der Waals surface area (Å²) in [5.41, 5.74) is -3.22. The average molecular weight is 273 g/mol. The number of hydrogen-bond acceptors (Lipinski definition) is 3. The van der Waals surface area contributed by atoms with Gasteiger partial charge in [-0.1, -0.05) is 30.3 Å². The van der Waals surface area contributed by atoms with Gasteiger partial charge in [-0.25, -0.2) is 0 Å². The Balaban J connectivity index is 2.45. The molecule has 0 aliphatic carbocycles. The molecule has 19 heavy (non-hydrogen) atoms. The monoisotopic (exact) mass is 273 g/mol. The van der Waals surface area contributed by atoms with Crippen molar-refractivity contribution in [3.8, 4) is 0 Å². The van der Waals surface area contributed by atoms with Crippen molar-refractivity contribution < 1.29 is 28.3 Å². The van der Waals surface area contributed by atoms with Crippen LogP contribution in [-0.4, -0.2) is 33.2 Å². The normalized spacial score (nSPS) is 24.4. The van der Waals surface area contributed by atoms with Gasteiger partial charge in [-0.2, -0.15) is 18.2 Å². The fraction of sp³-hybridized carbons (Fsp3) is 0.250. The molecular formula is C12H10F3NO3. The molecule has 1 aromatic rings. The number of aliphatic hydroxyl groups is 1. The van der Waals surface area contributed by atoms with Crippen molar-refractivity contribution in [3.63, 3.8) is 0 Å². The first-order valence-electron chi connectivity index (χ1n) is 5.34. The minimum Gasteiger partial charge on any atom is -0.362 e. The Kier molecular flexibility index (Phi) is 3.11. The SMILES string of the molecule is O=C1C=C(c2ccccc2)CC(O)(C(F)(F)F)N1O. The smallest absolute Gasteiger partial charge is 0.362 e. The Labute approximate surface area is 106 Å². The van der Waals surface area contributed by atoms with Gasteiger partial charge in [0.2, 0.25) is 0 Å². The zero-order chi connectivity index (χ0) is 14.3. The minimum absolute atomic E-state index is 0.00993. The number of nitrogens with zero attached hydrogens (tertiary/aromatic N) is 1. The number of carbonyl (C=O) groups is 1. The molecule has 1 amide bonds. The van der Waals surface area contributed by atoms with Crippen LogP contribution in [0.3, 0.4) is 0 Å². The van der Waals surface area contributed by atoms with Crippen molar-refractivity contribution in [3.05, 3.63) is 42.0 Å². The molecule has 2 N–H and O–H groups in total. The highest BCUT2D eigenvalue weighted by Gasteiger charge is 2.61.